The number of carboxylic acid groups (broad SMARTS) is 1. The number of aryl methyl sites for hydroxylation is 3. The fraction of sp³-hybridized carbons (Fsp3) is 0.240. The molecule has 0 aliphatic heterocycles. The van der Waals surface area contributed by atoms with Crippen LogP contribution in [-0.4, -0.2) is 48.3 Å². The normalized spacial score (nSPS) is 12.1. The topological polar surface area (TPSA) is 118 Å². The van der Waals surface area contributed by atoms with Crippen LogP contribution in [0.25, 0.3) is 11.1 Å². The van der Waals surface area contributed by atoms with Gasteiger partial charge in [0.2, 0.25) is 0 Å². The summed E-state index contributed by atoms with van der Waals surface area (Å²) in [6.07, 6.45) is 0.485. The predicted octanol–water partition coefficient (Wildman–Crippen LogP) is 3.42. The second-order valence-electron chi connectivity index (χ2n) is 8.07. The average molecular weight is 482 g/mol. The molecule has 0 radical (unpaired) electrons. The number of aliphatic hydroxyl groups is 1. The molecule has 0 aliphatic carbocycles. The van der Waals surface area contributed by atoms with Gasteiger partial charge in [0.05, 0.1) is 6.10 Å². The van der Waals surface area contributed by atoms with Crippen LogP contribution in [-0.2, 0) is 16.6 Å². The van der Waals surface area contributed by atoms with Crippen molar-refractivity contribution in [1.29, 1.82) is 0 Å². The van der Waals surface area contributed by atoms with Crippen LogP contribution in [0.1, 0.15) is 40.9 Å². The fourth-order valence-electron chi connectivity index (χ4n) is 3.73. The van der Waals surface area contributed by atoms with Crippen molar-refractivity contribution in [2.45, 2.75) is 32.8 Å². The number of rotatable bonds is 9. The number of aliphatic carboxylic acids is 1. The molecule has 1 unspecified atom stereocenters. The molecule has 0 spiro atoms. The summed E-state index contributed by atoms with van der Waals surface area (Å²) >= 11 is 0. The summed E-state index contributed by atoms with van der Waals surface area (Å²) in [4.78, 5) is 22.6. The van der Waals surface area contributed by atoms with Crippen LogP contribution in [0.4, 0.5) is 8.78 Å². The lowest BCUT2D eigenvalue weighted by Crippen LogP contribution is -2.14. The molecule has 3 rings (SSSR count). The van der Waals surface area contributed by atoms with Crippen LogP contribution in [0.2, 0.25) is 0 Å². The summed E-state index contributed by atoms with van der Waals surface area (Å²) in [5.41, 5.74) is 3.43. The van der Waals surface area contributed by atoms with Crippen molar-refractivity contribution in [3.8, 4) is 0 Å². The first-order valence-corrected chi connectivity index (χ1v) is 10.7. The maximum atomic E-state index is 13.9. The predicted molar refractivity (Wildman–Crippen MR) is 124 cm³/mol. The molecule has 0 fully saturated rings. The number of carboxylic acids is 1. The van der Waals surface area contributed by atoms with Crippen LogP contribution in [0.3, 0.4) is 0 Å². The van der Waals surface area contributed by atoms with Crippen molar-refractivity contribution in [3.05, 3.63) is 88.3 Å². The van der Waals surface area contributed by atoms with Crippen molar-refractivity contribution in [3.63, 3.8) is 0 Å². The summed E-state index contributed by atoms with van der Waals surface area (Å²) in [5.74, 6) is -2.47. The van der Waals surface area contributed by atoms with E-state index in [1.807, 2.05) is 0 Å². The van der Waals surface area contributed by atoms with Gasteiger partial charge in [-0.2, -0.15) is 0 Å². The largest absolute Gasteiger partial charge is 0.481 e. The second kappa shape index (κ2) is 10.9. The van der Waals surface area contributed by atoms with Gasteiger partial charge in [-0.3, -0.25) is 9.59 Å². The third-order valence-electron chi connectivity index (χ3n) is 5.32. The molecule has 1 atom stereocenters. The van der Waals surface area contributed by atoms with Gasteiger partial charge in [-0.15, -0.1) is 5.10 Å². The molecular formula is C25H24F2N4O4. The molecule has 2 N–H and O–H groups in total. The summed E-state index contributed by atoms with van der Waals surface area (Å²) < 4.78 is 29.3. The van der Waals surface area contributed by atoms with Crippen molar-refractivity contribution in [1.82, 2.24) is 20.2 Å². The number of benzene rings is 2. The summed E-state index contributed by atoms with van der Waals surface area (Å²) in [6, 6.07) is 8.52. The van der Waals surface area contributed by atoms with Crippen LogP contribution in [0, 0.1) is 25.5 Å². The number of tetrazole rings is 1. The molecule has 0 saturated carbocycles. The Morgan fingerprint density at radius 2 is 1.63 bits per heavy atom. The van der Waals surface area contributed by atoms with E-state index in [1.54, 1.807) is 33.0 Å². The van der Waals surface area contributed by atoms with Gasteiger partial charge < -0.3 is 10.2 Å². The zero-order valence-electron chi connectivity index (χ0n) is 19.4. The molecule has 0 amide bonds. The quantitative estimate of drug-likeness (QED) is 0.354. The highest BCUT2D eigenvalue weighted by Crippen LogP contribution is 2.36. The summed E-state index contributed by atoms with van der Waals surface area (Å²) in [6.45, 7) is 3.46. The minimum atomic E-state index is -1.28. The average Bonchev–Trinajstić information content (AvgIpc) is 3.17. The van der Waals surface area contributed by atoms with Gasteiger partial charge in [0.1, 0.15) is 23.8 Å². The molecule has 1 aromatic heterocycles. The van der Waals surface area contributed by atoms with Gasteiger partial charge in [-0.1, -0.05) is 24.3 Å². The van der Waals surface area contributed by atoms with Crippen molar-refractivity contribution < 1.29 is 28.6 Å². The minimum Gasteiger partial charge on any atom is -0.481 e. The lowest BCUT2D eigenvalue weighted by molar-refractivity contribution is -0.140. The highest BCUT2D eigenvalue weighted by atomic mass is 19.1. The highest BCUT2D eigenvalue weighted by Gasteiger charge is 2.21. The molecule has 35 heavy (non-hydrogen) atoms. The number of nitrogens with zero attached hydrogens (tertiary/aromatic N) is 4. The van der Waals surface area contributed by atoms with E-state index in [-0.39, 0.29) is 0 Å². The zero-order chi connectivity index (χ0) is 25.7. The SMILES string of the molecule is Cc1cc(F)ccc1C(=C(/C=C/C(O)CC(=O)CC(=O)O)c1nnnn1C)c1ccc(F)cc1C. The molecule has 2 aromatic carbocycles. The number of Topliss-reactive ketones (excluding diaryl/α,β-unsaturated/α-hetero) is 1. The van der Waals surface area contributed by atoms with E-state index in [9.17, 15) is 23.5 Å². The lowest BCUT2D eigenvalue weighted by atomic mass is 9.87. The monoisotopic (exact) mass is 482 g/mol. The number of halogens is 2. The van der Waals surface area contributed by atoms with Gasteiger partial charge in [0, 0.05) is 24.6 Å². The Kier molecular flexibility index (Phi) is 7.98. The van der Waals surface area contributed by atoms with Crippen LogP contribution >= 0.6 is 0 Å². The van der Waals surface area contributed by atoms with E-state index in [0.717, 1.165) is 0 Å². The Labute approximate surface area is 200 Å². The number of aliphatic hydroxyl groups excluding tert-OH is 1. The minimum absolute atomic E-state index is 0.299. The molecule has 0 saturated heterocycles. The first-order valence-electron chi connectivity index (χ1n) is 10.7. The fourth-order valence-corrected chi connectivity index (χ4v) is 3.73. The van der Waals surface area contributed by atoms with E-state index in [2.05, 4.69) is 15.5 Å². The van der Waals surface area contributed by atoms with Gasteiger partial charge in [-0.25, -0.2) is 13.5 Å². The van der Waals surface area contributed by atoms with Gasteiger partial charge in [0.25, 0.3) is 0 Å². The number of aromatic nitrogens is 4. The van der Waals surface area contributed by atoms with E-state index in [0.29, 0.717) is 39.2 Å². The number of carbonyl (C=O) groups is 2. The molecular weight excluding hydrogens is 458 g/mol. The second-order valence-corrected chi connectivity index (χ2v) is 8.07. The Bertz CT molecular complexity index is 1280. The Balaban J connectivity index is 2.25. The maximum Gasteiger partial charge on any atom is 0.310 e. The van der Waals surface area contributed by atoms with E-state index in [4.69, 9.17) is 5.11 Å². The van der Waals surface area contributed by atoms with Crippen LogP contribution < -0.4 is 0 Å². The third kappa shape index (κ3) is 6.30. The molecule has 0 aliphatic rings. The van der Waals surface area contributed by atoms with E-state index >= 15 is 0 Å². The first kappa shape index (κ1) is 25.6. The number of hydrogen-bond acceptors (Lipinski definition) is 6. The smallest absolute Gasteiger partial charge is 0.310 e. The van der Waals surface area contributed by atoms with Crippen molar-refractivity contribution in [2.24, 2.45) is 7.05 Å². The molecule has 1 heterocycles. The maximum absolute atomic E-state index is 13.9. The molecule has 0 bridgehead atoms. The van der Waals surface area contributed by atoms with Crippen molar-refractivity contribution >= 4 is 22.9 Å². The lowest BCUT2D eigenvalue weighted by Gasteiger charge is -2.18. The van der Waals surface area contributed by atoms with Crippen molar-refractivity contribution in [2.75, 3.05) is 0 Å². The Hall–Kier alpha value is -4.05. The van der Waals surface area contributed by atoms with Gasteiger partial charge in [0.15, 0.2) is 5.82 Å². The third-order valence-corrected chi connectivity index (χ3v) is 5.32. The molecule has 8 nitrogen and oxygen atoms in total. The molecule has 3 aromatic rings. The number of ketones is 1. The summed E-state index contributed by atoms with van der Waals surface area (Å²) in [5, 5.41) is 30.8. The first-order chi connectivity index (χ1) is 16.6. The number of hydrogen-bond donors (Lipinski definition) is 2. The van der Waals surface area contributed by atoms with E-state index in [1.165, 1.54) is 41.1 Å². The van der Waals surface area contributed by atoms with Gasteiger partial charge in [-0.05, 0) is 70.8 Å². The van der Waals surface area contributed by atoms with E-state index < -0.39 is 42.3 Å². The highest BCUT2D eigenvalue weighted by molar-refractivity contribution is 6.02. The molecule has 10 heteroatoms. The Morgan fingerprint density at radius 3 is 2.09 bits per heavy atom. The van der Waals surface area contributed by atoms with Gasteiger partial charge >= 0.3 is 5.97 Å². The standard InChI is InChI=1S/C25H24F2N4O4/c1-14-10-16(26)4-7-20(14)24(21-8-5-17(27)11-15(21)2)22(25-28-29-30-31(25)3)9-6-18(32)12-19(33)13-23(34)35/h4-11,18,32H,12-13H2,1-3H3,(H,34,35)/b9-6+. The molecule has 182 valence electrons. The van der Waals surface area contributed by atoms with Crippen LogP contribution in [0.15, 0.2) is 48.6 Å². The Morgan fingerprint density at radius 1 is 1.06 bits per heavy atom. The number of carbonyl (C=O) groups excluding carboxylic acids is 1. The van der Waals surface area contributed by atoms with Crippen LogP contribution in [0.5, 0.6) is 0 Å². The number of allylic oxidation sites excluding steroid dienone is 2. The zero-order valence-corrected chi connectivity index (χ0v) is 19.4. The summed E-state index contributed by atoms with van der Waals surface area (Å²) in [7, 11) is 1.61.